The molecule has 0 aliphatic heterocycles. The highest BCUT2D eigenvalue weighted by molar-refractivity contribution is 7.12. The van der Waals surface area contributed by atoms with Crippen LogP contribution in [0.25, 0.3) is 0 Å². The van der Waals surface area contributed by atoms with Gasteiger partial charge in [0.1, 0.15) is 5.82 Å². The van der Waals surface area contributed by atoms with E-state index in [1.54, 1.807) is 12.4 Å². The van der Waals surface area contributed by atoms with E-state index in [4.69, 9.17) is 0 Å². The zero-order valence-electron chi connectivity index (χ0n) is 11.0. The minimum Gasteiger partial charge on any atom is -0.319 e. The van der Waals surface area contributed by atoms with Crippen LogP contribution in [0.3, 0.4) is 0 Å². The van der Waals surface area contributed by atoms with Gasteiger partial charge in [0.15, 0.2) is 0 Å². The van der Waals surface area contributed by atoms with Gasteiger partial charge in [-0.15, -0.1) is 11.3 Å². The first kappa shape index (κ1) is 12.0. The predicted molar refractivity (Wildman–Crippen MR) is 78.3 cm³/mol. The Morgan fingerprint density at radius 3 is 2.50 bits per heavy atom. The smallest absolute Gasteiger partial charge is 0.266 e. The maximum absolute atomic E-state index is 12.3. The summed E-state index contributed by atoms with van der Waals surface area (Å²) in [7, 11) is 0. The van der Waals surface area contributed by atoms with Crippen LogP contribution < -0.4 is 5.32 Å². The number of anilines is 1. The van der Waals surface area contributed by atoms with Crippen LogP contribution in [-0.2, 0) is 0 Å². The molecule has 5 heteroatoms. The van der Waals surface area contributed by atoms with E-state index >= 15 is 0 Å². The molecule has 1 amide bonds. The third-order valence-corrected chi connectivity index (χ3v) is 4.72. The molecule has 2 fully saturated rings. The van der Waals surface area contributed by atoms with E-state index in [0.717, 1.165) is 10.7 Å². The Morgan fingerprint density at radius 1 is 1.15 bits per heavy atom. The Labute approximate surface area is 121 Å². The summed E-state index contributed by atoms with van der Waals surface area (Å²) in [5.74, 6) is 2.00. The number of hydrogen-bond acceptors (Lipinski definition) is 4. The zero-order valence-corrected chi connectivity index (χ0v) is 11.8. The maximum atomic E-state index is 12.3. The van der Waals surface area contributed by atoms with Crippen molar-refractivity contribution in [1.82, 2.24) is 9.97 Å². The molecular formula is C15H15N3OS. The first-order chi connectivity index (χ1) is 9.81. The number of aromatic nitrogens is 2. The van der Waals surface area contributed by atoms with Gasteiger partial charge < -0.3 is 5.32 Å². The number of rotatable bonds is 4. The predicted octanol–water partition coefficient (Wildman–Crippen LogP) is 3.55. The van der Waals surface area contributed by atoms with Crippen molar-refractivity contribution < 1.29 is 4.79 Å². The highest BCUT2D eigenvalue weighted by Gasteiger charge is 2.29. The van der Waals surface area contributed by atoms with E-state index in [2.05, 4.69) is 21.4 Å². The van der Waals surface area contributed by atoms with Crippen LogP contribution in [0.2, 0.25) is 0 Å². The highest BCUT2D eigenvalue weighted by Crippen LogP contribution is 2.43. The van der Waals surface area contributed by atoms with Gasteiger partial charge in [-0.3, -0.25) is 4.79 Å². The van der Waals surface area contributed by atoms with Crippen molar-refractivity contribution >= 4 is 22.9 Å². The Kier molecular flexibility index (Phi) is 2.80. The maximum Gasteiger partial charge on any atom is 0.266 e. The van der Waals surface area contributed by atoms with E-state index in [-0.39, 0.29) is 5.91 Å². The van der Waals surface area contributed by atoms with Crippen LogP contribution in [0.1, 0.15) is 58.6 Å². The largest absolute Gasteiger partial charge is 0.319 e. The molecule has 4 nitrogen and oxygen atoms in total. The Morgan fingerprint density at radius 2 is 1.85 bits per heavy atom. The van der Waals surface area contributed by atoms with Crippen molar-refractivity contribution in [2.75, 3.05) is 5.32 Å². The van der Waals surface area contributed by atoms with Crippen molar-refractivity contribution in [2.45, 2.75) is 37.5 Å². The third-order valence-electron chi connectivity index (χ3n) is 3.79. The standard InChI is InChI=1S/C15H15N3OS/c19-15(13-12(5-6-20-13)9-1-2-9)18-11-7-16-14(17-8-11)10-3-4-10/h5-10H,1-4H2,(H,18,19). The van der Waals surface area contributed by atoms with E-state index < -0.39 is 0 Å². The Hall–Kier alpha value is -1.75. The lowest BCUT2D eigenvalue weighted by Gasteiger charge is -2.05. The van der Waals surface area contributed by atoms with E-state index in [0.29, 0.717) is 17.5 Å². The summed E-state index contributed by atoms with van der Waals surface area (Å²) in [4.78, 5) is 21.8. The van der Waals surface area contributed by atoms with Crippen molar-refractivity contribution in [3.8, 4) is 0 Å². The fourth-order valence-electron chi connectivity index (χ4n) is 2.36. The molecular weight excluding hydrogens is 270 g/mol. The second-order valence-electron chi connectivity index (χ2n) is 5.54. The lowest BCUT2D eigenvalue weighted by molar-refractivity contribution is 0.102. The molecule has 2 aromatic heterocycles. The van der Waals surface area contributed by atoms with Crippen molar-refractivity contribution in [3.63, 3.8) is 0 Å². The van der Waals surface area contributed by atoms with Gasteiger partial charge >= 0.3 is 0 Å². The van der Waals surface area contributed by atoms with Gasteiger partial charge in [-0.05, 0) is 48.6 Å². The number of thiophene rings is 1. The molecule has 1 N–H and O–H groups in total. The molecule has 20 heavy (non-hydrogen) atoms. The topological polar surface area (TPSA) is 54.9 Å². The monoisotopic (exact) mass is 285 g/mol. The summed E-state index contributed by atoms with van der Waals surface area (Å²) in [5, 5.41) is 4.90. The van der Waals surface area contributed by atoms with Crippen LogP contribution in [-0.4, -0.2) is 15.9 Å². The SMILES string of the molecule is O=C(Nc1cnc(C2CC2)nc1)c1sccc1C1CC1. The average molecular weight is 285 g/mol. The van der Waals surface area contributed by atoms with Crippen LogP contribution in [0, 0.1) is 0 Å². The number of nitrogens with one attached hydrogen (secondary N) is 1. The summed E-state index contributed by atoms with van der Waals surface area (Å²) >= 11 is 1.51. The summed E-state index contributed by atoms with van der Waals surface area (Å²) in [6, 6.07) is 2.07. The molecule has 0 atom stereocenters. The number of hydrogen-bond donors (Lipinski definition) is 1. The van der Waals surface area contributed by atoms with Crippen LogP contribution in [0.15, 0.2) is 23.8 Å². The summed E-state index contributed by atoms with van der Waals surface area (Å²) in [5.41, 5.74) is 1.87. The lowest BCUT2D eigenvalue weighted by Crippen LogP contribution is -2.12. The Balaban J connectivity index is 1.49. The third kappa shape index (κ3) is 2.33. The van der Waals surface area contributed by atoms with Gasteiger partial charge in [0, 0.05) is 5.92 Å². The van der Waals surface area contributed by atoms with Gasteiger partial charge in [0.2, 0.25) is 0 Å². The molecule has 0 spiro atoms. The molecule has 0 bridgehead atoms. The summed E-state index contributed by atoms with van der Waals surface area (Å²) < 4.78 is 0. The molecule has 2 aromatic rings. The number of carbonyl (C=O) groups excluding carboxylic acids is 1. The minimum absolute atomic E-state index is 0.0373. The molecule has 102 valence electrons. The van der Waals surface area contributed by atoms with Gasteiger partial charge in [-0.25, -0.2) is 9.97 Å². The lowest BCUT2D eigenvalue weighted by atomic mass is 10.1. The Bertz CT molecular complexity index is 641. The van der Waals surface area contributed by atoms with Gasteiger partial charge in [-0.1, -0.05) is 0 Å². The minimum atomic E-state index is -0.0373. The molecule has 0 radical (unpaired) electrons. The van der Waals surface area contributed by atoms with Gasteiger partial charge in [0.05, 0.1) is 23.0 Å². The summed E-state index contributed by atoms with van der Waals surface area (Å²) in [6.07, 6.45) is 8.20. The molecule has 0 unspecified atom stereocenters. The number of nitrogens with zero attached hydrogens (tertiary/aromatic N) is 2. The normalized spacial score (nSPS) is 18.0. The molecule has 2 heterocycles. The fraction of sp³-hybridized carbons (Fsp3) is 0.400. The number of amides is 1. The van der Waals surface area contributed by atoms with Gasteiger partial charge in [0.25, 0.3) is 5.91 Å². The molecule has 2 aliphatic carbocycles. The first-order valence-electron chi connectivity index (χ1n) is 7.02. The quantitative estimate of drug-likeness (QED) is 0.934. The van der Waals surface area contributed by atoms with E-state index in [1.165, 1.54) is 42.6 Å². The van der Waals surface area contributed by atoms with Crippen LogP contribution in [0.5, 0.6) is 0 Å². The second-order valence-corrected chi connectivity index (χ2v) is 6.45. The molecule has 0 aromatic carbocycles. The molecule has 2 saturated carbocycles. The molecule has 4 rings (SSSR count). The van der Waals surface area contributed by atoms with Crippen molar-refractivity contribution in [3.05, 3.63) is 40.1 Å². The fourth-order valence-corrected chi connectivity index (χ4v) is 3.24. The van der Waals surface area contributed by atoms with Gasteiger partial charge in [-0.2, -0.15) is 0 Å². The van der Waals surface area contributed by atoms with Crippen LogP contribution >= 0.6 is 11.3 Å². The molecule has 2 aliphatic rings. The highest BCUT2D eigenvalue weighted by atomic mass is 32.1. The zero-order chi connectivity index (χ0) is 13.5. The first-order valence-corrected chi connectivity index (χ1v) is 7.90. The van der Waals surface area contributed by atoms with Crippen LogP contribution in [0.4, 0.5) is 5.69 Å². The van der Waals surface area contributed by atoms with E-state index in [1.807, 2.05) is 5.38 Å². The molecule has 0 saturated heterocycles. The number of carbonyl (C=O) groups is 1. The van der Waals surface area contributed by atoms with Crippen molar-refractivity contribution in [1.29, 1.82) is 0 Å². The van der Waals surface area contributed by atoms with Crippen molar-refractivity contribution in [2.24, 2.45) is 0 Å². The average Bonchev–Trinajstić information content (AvgIpc) is 3.38. The summed E-state index contributed by atoms with van der Waals surface area (Å²) in [6.45, 7) is 0. The van der Waals surface area contributed by atoms with E-state index in [9.17, 15) is 4.79 Å². The second kappa shape index (κ2) is 4.66.